The fourth-order valence-corrected chi connectivity index (χ4v) is 0.916. The molecular formula is C9H20N2O3. The van der Waals surface area contributed by atoms with Crippen LogP contribution in [0.4, 0.5) is 0 Å². The van der Waals surface area contributed by atoms with Gasteiger partial charge in [-0.3, -0.25) is 4.79 Å². The van der Waals surface area contributed by atoms with Crippen molar-refractivity contribution in [3.63, 3.8) is 0 Å². The van der Waals surface area contributed by atoms with Crippen LogP contribution in [0.2, 0.25) is 0 Å². The quantitative estimate of drug-likeness (QED) is 0.438. The Balaban J connectivity index is 4.04. The Hall–Kier alpha value is -0.650. The number of nitrogens with one attached hydrogen (secondary N) is 1. The number of rotatable bonds is 6. The Kier molecular flexibility index (Phi) is 5.68. The second kappa shape index (κ2) is 5.95. The van der Waals surface area contributed by atoms with E-state index in [1.54, 1.807) is 6.92 Å². The lowest BCUT2D eigenvalue weighted by Crippen LogP contribution is -2.52. The van der Waals surface area contributed by atoms with Crippen molar-refractivity contribution in [2.75, 3.05) is 19.8 Å². The van der Waals surface area contributed by atoms with Crippen LogP contribution in [0.25, 0.3) is 0 Å². The molecule has 5 nitrogen and oxygen atoms in total. The summed E-state index contributed by atoms with van der Waals surface area (Å²) in [5.41, 5.74) is 4.43. The number of nitrogens with two attached hydrogens (primary N) is 1. The zero-order valence-corrected chi connectivity index (χ0v) is 8.79. The Labute approximate surface area is 84.3 Å². The van der Waals surface area contributed by atoms with Crippen LogP contribution in [0.3, 0.4) is 0 Å². The lowest BCUT2D eigenvalue weighted by Gasteiger charge is -2.26. The standard InChI is InChI=1S/C9H20N2O3/c1-7(4-10)3-8(14)11-9(2,5-12)6-13/h7,12-13H,3-6,10H2,1-2H3,(H,11,14). The molecule has 1 unspecified atom stereocenters. The molecule has 0 aromatic heterocycles. The first-order valence-corrected chi connectivity index (χ1v) is 4.70. The van der Waals surface area contributed by atoms with E-state index in [0.717, 1.165) is 0 Å². The van der Waals surface area contributed by atoms with Crippen molar-refractivity contribution in [3.05, 3.63) is 0 Å². The van der Waals surface area contributed by atoms with Gasteiger partial charge in [0, 0.05) is 6.42 Å². The fraction of sp³-hybridized carbons (Fsp3) is 0.889. The van der Waals surface area contributed by atoms with Crippen molar-refractivity contribution in [1.82, 2.24) is 5.32 Å². The SMILES string of the molecule is CC(CN)CC(=O)NC(C)(CO)CO. The molecule has 0 saturated heterocycles. The molecule has 0 aromatic rings. The molecule has 0 bridgehead atoms. The largest absolute Gasteiger partial charge is 0.394 e. The van der Waals surface area contributed by atoms with Crippen molar-refractivity contribution in [3.8, 4) is 0 Å². The van der Waals surface area contributed by atoms with Crippen LogP contribution in [-0.2, 0) is 4.79 Å². The summed E-state index contributed by atoms with van der Waals surface area (Å²) < 4.78 is 0. The van der Waals surface area contributed by atoms with Gasteiger partial charge in [0.1, 0.15) is 0 Å². The van der Waals surface area contributed by atoms with Gasteiger partial charge >= 0.3 is 0 Å². The number of hydrogen-bond acceptors (Lipinski definition) is 4. The number of carbonyl (C=O) groups is 1. The van der Waals surface area contributed by atoms with Crippen molar-refractivity contribution in [1.29, 1.82) is 0 Å². The van der Waals surface area contributed by atoms with Gasteiger partial charge in [-0.2, -0.15) is 0 Å². The molecule has 14 heavy (non-hydrogen) atoms. The Morgan fingerprint density at radius 2 is 2.00 bits per heavy atom. The van der Waals surface area contributed by atoms with Crippen molar-refractivity contribution >= 4 is 5.91 Å². The predicted molar refractivity (Wildman–Crippen MR) is 53.6 cm³/mol. The predicted octanol–water partition coefficient (Wildman–Crippen LogP) is -1.17. The molecule has 0 aliphatic heterocycles. The molecule has 84 valence electrons. The Morgan fingerprint density at radius 3 is 2.36 bits per heavy atom. The molecular weight excluding hydrogens is 184 g/mol. The topological polar surface area (TPSA) is 95.6 Å². The van der Waals surface area contributed by atoms with Gasteiger partial charge in [0.25, 0.3) is 0 Å². The lowest BCUT2D eigenvalue weighted by molar-refractivity contribution is -0.124. The average molecular weight is 204 g/mol. The first-order valence-electron chi connectivity index (χ1n) is 4.70. The third kappa shape index (κ3) is 4.55. The number of carbonyl (C=O) groups excluding carboxylic acids is 1. The van der Waals surface area contributed by atoms with E-state index in [4.69, 9.17) is 15.9 Å². The maximum Gasteiger partial charge on any atom is 0.220 e. The second-order valence-electron chi connectivity index (χ2n) is 3.97. The lowest BCUT2D eigenvalue weighted by atomic mass is 10.0. The highest BCUT2D eigenvalue weighted by Crippen LogP contribution is 2.04. The summed E-state index contributed by atoms with van der Waals surface area (Å²) >= 11 is 0. The van der Waals surface area contributed by atoms with Gasteiger partial charge in [-0.25, -0.2) is 0 Å². The van der Waals surface area contributed by atoms with Crippen molar-refractivity contribution < 1.29 is 15.0 Å². The smallest absolute Gasteiger partial charge is 0.220 e. The van der Waals surface area contributed by atoms with E-state index in [1.807, 2.05) is 6.92 Å². The van der Waals surface area contributed by atoms with E-state index in [0.29, 0.717) is 13.0 Å². The van der Waals surface area contributed by atoms with Crippen molar-refractivity contribution in [2.45, 2.75) is 25.8 Å². The first-order chi connectivity index (χ1) is 6.47. The minimum atomic E-state index is -0.939. The van der Waals surface area contributed by atoms with Crippen molar-refractivity contribution in [2.24, 2.45) is 11.7 Å². The highest BCUT2D eigenvalue weighted by molar-refractivity contribution is 5.77. The van der Waals surface area contributed by atoms with E-state index in [1.165, 1.54) is 0 Å². The molecule has 5 N–H and O–H groups in total. The molecule has 1 atom stereocenters. The average Bonchev–Trinajstić information content (AvgIpc) is 2.17. The maximum atomic E-state index is 11.4. The maximum absolute atomic E-state index is 11.4. The zero-order chi connectivity index (χ0) is 11.2. The zero-order valence-electron chi connectivity index (χ0n) is 8.79. The van der Waals surface area contributed by atoms with Gasteiger partial charge in [-0.05, 0) is 19.4 Å². The van der Waals surface area contributed by atoms with E-state index in [9.17, 15) is 4.79 Å². The highest BCUT2D eigenvalue weighted by Gasteiger charge is 2.24. The molecule has 0 aliphatic carbocycles. The molecule has 0 aliphatic rings. The minimum absolute atomic E-state index is 0.108. The molecule has 0 radical (unpaired) electrons. The summed E-state index contributed by atoms with van der Waals surface area (Å²) in [4.78, 5) is 11.4. The molecule has 0 aromatic carbocycles. The Morgan fingerprint density at radius 1 is 1.50 bits per heavy atom. The second-order valence-corrected chi connectivity index (χ2v) is 3.97. The summed E-state index contributed by atoms with van der Waals surface area (Å²) in [5.74, 6) is -0.0924. The molecule has 0 saturated carbocycles. The minimum Gasteiger partial charge on any atom is -0.394 e. The third-order valence-corrected chi connectivity index (χ3v) is 2.08. The Bertz CT molecular complexity index is 181. The summed E-state index contributed by atoms with van der Waals surface area (Å²) in [6.07, 6.45) is 0.312. The van der Waals surface area contributed by atoms with E-state index >= 15 is 0 Å². The van der Waals surface area contributed by atoms with Gasteiger partial charge in [0.2, 0.25) is 5.91 Å². The molecule has 5 heteroatoms. The van der Waals surface area contributed by atoms with Crippen LogP contribution >= 0.6 is 0 Å². The van der Waals surface area contributed by atoms with Crippen LogP contribution in [-0.4, -0.2) is 41.4 Å². The van der Waals surface area contributed by atoms with Gasteiger partial charge in [0.05, 0.1) is 18.8 Å². The summed E-state index contributed by atoms with van der Waals surface area (Å²) in [6.45, 7) is 3.33. The summed E-state index contributed by atoms with van der Waals surface area (Å²) in [6, 6.07) is 0. The monoisotopic (exact) mass is 204 g/mol. The molecule has 0 rings (SSSR count). The number of amides is 1. The van der Waals surface area contributed by atoms with E-state index in [2.05, 4.69) is 5.32 Å². The van der Waals surface area contributed by atoms with Crippen LogP contribution in [0.15, 0.2) is 0 Å². The number of hydrogen-bond donors (Lipinski definition) is 4. The highest BCUT2D eigenvalue weighted by atomic mass is 16.3. The van der Waals surface area contributed by atoms with Gasteiger partial charge in [0.15, 0.2) is 0 Å². The number of aliphatic hydroxyl groups excluding tert-OH is 2. The normalized spacial score (nSPS) is 13.8. The van der Waals surface area contributed by atoms with Gasteiger partial charge < -0.3 is 21.3 Å². The third-order valence-electron chi connectivity index (χ3n) is 2.08. The first kappa shape index (κ1) is 13.4. The van der Waals surface area contributed by atoms with Crippen LogP contribution in [0.5, 0.6) is 0 Å². The van der Waals surface area contributed by atoms with Crippen LogP contribution < -0.4 is 11.1 Å². The van der Waals surface area contributed by atoms with E-state index in [-0.39, 0.29) is 25.0 Å². The molecule has 1 amide bonds. The van der Waals surface area contributed by atoms with Crippen LogP contribution in [0, 0.1) is 5.92 Å². The van der Waals surface area contributed by atoms with Crippen LogP contribution in [0.1, 0.15) is 20.3 Å². The number of aliphatic hydroxyl groups is 2. The summed E-state index contributed by atoms with van der Waals surface area (Å²) in [7, 11) is 0. The van der Waals surface area contributed by atoms with Gasteiger partial charge in [-0.15, -0.1) is 0 Å². The summed E-state index contributed by atoms with van der Waals surface area (Å²) in [5, 5.41) is 20.4. The molecule has 0 fully saturated rings. The van der Waals surface area contributed by atoms with E-state index < -0.39 is 5.54 Å². The fourth-order valence-electron chi connectivity index (χ4n) is 0.916. The molecule has 0 spiro atoms. The van der Waals surface area contributed by atoms with Gasteiger partial charge in [-0.1, -0.05) is 6.92 Å². The molecule has 0 heterocycles.